The van der Waals surface area contributed by atoms with E-state index in [1.54, 1.807) is 6.07 Å². The predicted octanol–water partition coefficient (Wildman–Crippen LogP) is 1.89. The highest BCUT2D eigenvalue weighted by atomic mass is 79.9. The monoisotopic (exact) mass is 377 g/mol. The zero-order chi connectivity index (χ0) is 17.1. The van der Waals surface area contributed by atoms with Crippen molar-refractivity contribution in [2.45, 2.75) is 13.0 Å². The molecule has 1 atom stereocenters. The Labute approximate surface area is 141 Å². The van der Waals surface area contributed by atoms with E-state index in [1.807, 2.05) is 24.3 Å². The van der Waals surface area contributed by atoms with Gasteiger partial charge in [-0.1, -0.05) is 28.1 Å². The van der Waals surface area contributed by atoms with Crippen molar-refractivity contribution >= 4 is 27.6 Å². The van der Waals surface area contributed by atoms with Crippen molar-refractivity contribution < 1.29 is 9.59 Å². The Morgan fingerprint density at radius 2 is 1.91 bits per heavy atom. The summed E-state index contributed by atoms with van der Waals surface area (Å²) in [6.45, 7) is 1.27. The van der Waals surface area contributed by atoms with Gasteiger partial charge in [-0.05, 0) is 25.1 Å². The Balaban J connectivity index is 2.58. The van der Waals surface area contributed by atoms with Gasteiger partial charge in [0, 0.05) is 30.2 Å². The Morgan fingerprint density at radius 1 is 1.22 bits per heavy atom. The molecular formula is C16H16BrN3O3. The normalized spacial score (nSPS) is 11.8. The maximum atomic E-state index is 12.2. The number of hydrogen-bond donors (Lipinski definition) is 0. The minimum Gasteiger partial charge on any atom is -0.347 e. The zero-order valence-corrected chi connectivity index (χ0v) is 14.6. The number of halogens is 1. The second-order valence-electron chi connectivity index (χ2n) is 5.26. The molecule has 120 valence electrons. The van der Waals surface area contributed by atoms with Gasteiger partial charge in [0.2, 0.25) is 0 Å². The van der Waals surface area contributed by atoms with E-state index < -0.39 is 23.3 Å². The maximum absolute atomic E-state index is 12.2. The summed E-state index contributed by atoms with van der Waals surface area (Å²) in [4.78, 5) is 37.5. The number of rotatable bonds is 4. The minimum atomic E-state index is -1.26. The first-order valence-electron chi connectivity index (χ1n) is 6.88. The third kappa shape index (κ3) is 3.73. The van der Waals surface area contributed by atoms with Gasteiger partial charge in [-0.25, -0.2) is 4.68 Å². The van der Waals surface area contributed by atoms with Gasteiger partial charge >= 0.3 is 0 Å². The molecular weight excluding hydrogens is 362 g/mol. The van der Waals surface area contributed by atoms with Crippen LogP contribution in [0, 0.1) is 0 Å². The fraction of sp³-hybridized carbons (Fsp3) is 0.250. The smallest absolute Gasteiger partial charge is 0.267 e. The van der Waals surface area contributed by atoms with Crippen LogP contribution in [0.2, 0.25) is 0 Å². The summed E-state index contributed by atoms with van der Waals surface area (Å²) in [5.41, 5.74) is 0.774. The number of nitrogens with zero attached hydrogens (tertiary/aromatic N) is 3. The van der Waals surface area contributed by atoms with E-state index in [9.17, 15) is 14.4 Å². The minimum absolute atomic E-state index is 0.440. The molecule has 2 aromatic rings. The molecule has 0 aliphatic heterocycles. The molecule has 23 heavy (non-hydrogen) atoms. The number of Topliss-reactive ketones (excluding diaryl/α,β-unsaturated/α-hetero) is 1. The van der Waals surface area contributed by atoms with Crippen molar-refractivity contribution in [3.63, 3.8) is 0 Å². The van der Waals surface area contributed by atoms with E-state index in [0.29, 0.717) is 5.69 Å². The number of amides is 1. The molecule has 1 aromatic heterocycles. The Kier molecular flexibility index (Phi) is 5.10. The first kappa shape index (κ1) is 17.1. The van der Waals surface area contributed by atoms with Gasteiger partial charge in [-0.15, -0.1) is 0 Å². The Morgan fingerprint density at radius 3 is 2.48 bits per heavy atom. The summed E-state index contributed by atoms with van der Waals surface area (Å²) in [5.74, 6) is -0.928. The van der Waals surface area contributed by atoms with Crippen LogP contribution in [-0.4, -0.2) is 40.5 Å². The van der Waals surface area contributed by atoms with Crippen molar-refractivity contribution in [3.8, 4) is 11.3 Å². The third-order valence-corrected chi connectivity index (χ3v) is 3.74. The van der Waals surface area contributed by atoms with E-state index in [4.69, 9.17) is 0 Å². The molecule has 7 heteroatoms. The van der Waals surface area contributed by atoms with Gasteiger partial charge in [0.25, 0.3) is 11.5 Å². The second-order valence-corrected chi connectivity index (χ2v) is 6.17. The number of hydrogen-bond acceptors (Lipinski definition) is 4. The summed E-state index contributed by atoms with van der Waals surface area (Å²) in [6, 6.07) is 8.99. The van der Waals surface area contributed by atoms with E-state index in [0.717, 1.165) is 14.7 Å². The molecule has 6 nitrogen and oxygen atoms in total. The van der Waals surface area contributed by atoms with Crippen LogP contribution in [0.15, 0.2) is 45.7 Å². The summed E-state index contributed by atoms with van der Waals surface area (Å²) in [6.07, 6.45) is 0. The van der Waals surface area contributed by atoms with Gasteiger partial charge in [-0.3, -0.25) is 14.4 Å². The van der Waals surface area contributed by atoms with E-state index >= 15 is 0 Å². The molecule has 0 radical (unpaired) electrons. The topological polar surface area (TPSA) is 72.3 Å². The van der Waals surface area contributed by atoms with Gasteiger partial charge < -0.3 is 4.90 Å². The van der Waals surface area contributed by atoms with Gasteiger partial charge in [0.1, 0.15) is 0 Å². The highest BCUT2D eigenvalue weighted by Gasteiger charge is 2.29. The summed E-state index contributed by atoms with van der Waals surface area (Å²) in [7, 11) is 3.06. The molecule has 0 fully saturated rings. The van der Waals surface area contributed by atoms with Crippen LogP contribution in [-0.2, 0) is 9.59 Å². The fourth-order valence-corrected chi connectivity index (χ4v) is 2.51. The number of carbonyl (C=O) groups is 2. The molecule has 0 aliphatic rings. The standard InChI is InChI=1S/C16H16BrN3O3/c1-10(21)15(16(23)19(2)3)20-14(22)8-7-13(18-20)11-5-4-6-12(17)9-11/h4-9,15H,1-3H3/t15-/m0/s1. The highest BCUT2D eigenvalue weighted by Crippen LogP contribution is 2.21. The van der Waals surface area contributed by atoms with Crippen LogP contribution < -0.4 is 5.56 Å². The van der Waals surface area contributed by atoms with Crippen LogP contribution in [0.4, 0.5) is 0 Å². The van der Waals surface area contributed by atoms with Crippen molar-refractivity contribution in [1.29, 1.82) is 0 Å². The lowest BCUT2D eigenvalue weighted by Crippen LogP contribution is -2.41. The van der Waals surface area contributed by atoms with Crippen LogP contribution in [0.3, 0.4) is 0 Å². The number of likely N-dealkylation sites (N-methyl/N-ethyl adjacent to an activating group) is 1. The Hall–Kier alpha value is -2.28. The third-order valence-electron chi connectivity index (χ3n) is 3.25. The maximum Gasteiger partial charge on any atom is 0.267 e. The lowest BCUT2D eigenvalue weighted by Gasteiger charge is -2.19. The summed E-state index contributed by atoms with van der Waals surface area (Å²) < 4.78 is 1.81. The lowest BCUT2D eigenvalue weighted by atomic mass is 10.1. The average Bonchev–Trinajstić information content (AvgIpc) is 2.48. The molecule has 1 amide bonds. The predicted molar refractivity (Wildman–Crippen MR) is 90.0 cm³/mol. The van der Waals surface area contributed by atoms with Gasteiger partial charge in [0.05, 0.1) is 5.69 Å². The largest absolute Gasteiger partial charge is 0.347 e. The molecule has 0 spiro atoms. The highest BCUT2D eigenvalue weighted by molar-refractivity contribution is 9.10. The van der Waals surface area contributed by atoms with E-state index in [-0.39, 0.29) is 0 Å². The van der Waals surface area contributed by atoms with Crippen LogP contribution in [0.5, 0.6) is 0 Å². The molecule has 0 bridgehead atoms. The van der Waals surface area contributed by atoms with Crippen LogP contribution >= 0.6 is 15.9 Å². The van der Waals surface area contributed by atoms with E-state index in [2.05, 4.69) is 21.0 Å². The SMILES string of the molecule is CC(=O)[C@@H](C(=O)N(C)C)n1nc(-c2cccc(Br)c2)ccc1=O. The first-order chi connectivity index (χ1) is 10.8. The summed E-state index contributed by atoms with van der Waals surface area (Å²) >= 11 is 3.38. The first-order valence-corrected chi connectivity index (χ1v) is 7.68. The van der Waals surface area contributed by atoms with Crippen molar-refractivity contribution in [1.82, 2.24) is 14.7 Å². The molecule has 2 rings (SSSR count). The molecule has 0 aliphatic carbocycles. The Bertz CT molecular complexity index is 814. The van der Waals surface area contributed by atoms with Crippen molar-refractivity contribution in [2.24, 2.45) is 0 Å². The van der Waals surface area contributed by atoms with Gasteiger partial charge in [-0.2, -0.15) is 5.10 Å². The number of aromatic nitrogens is 2. The summed E-state index contributed by atoms with van der Waals surface area (Å²) in [5, 5.41) is 4.22. The average molecular weight is 378 g/mol. The number of benzene rings is 1. The van der Waals surface area contributed by atoms with Crippen LogP contribution in [0.1, 0.15) is 13.0 Å². The molecule has 0 unspecified atom stereocenters. The van der Waals surface area contributed by atoms with Crippen LogP contribution in [0.25, 0.3) is 11.3 Å². The molecule has 0 saturated heterocycles. The molecule has 0 saturated carbocycles. The fourth-order valence-electron chi connectivity index (χ4n) is 2.11. The lowest BCUT2D eigenvalue weighted by molar-refractivity contribution is -0.138. The number of ketones is 1. The number of carbonyl (C=O) groups excluding carboxylic acids is 2. The van der Waals surface area contributed by atoms with E-state index in [1.165, 1.54) is 32.0 Å². The quantitative estimate of drug-likeness (QED) is 0.762. The molecule has 1 aromatic carbocycles. The zero-order valence-electron chi connectivity index (χ0n) is 13.0. The van der Waals surface area contributed by atoms with Crippen molar-refractivity contribution in [3.05, 3.63) is 51.2 Å². The van der Waals surface area contributed by atoms with Crippen molar-refractivity contribution in [2.75, 3.05) is 14.1 Å². The van der Waals surface area contributed by atoms with Gasteiger partial charge in [0.15, 0.2) is 11.8 Å². The second kappa shape index (κ2) is 6.87. The molecule has 0 N–H and O–H groups in total. The molecule has 1 heterocycles.